The third kappa shape index (κ3) is 1.96. The van der Waals surface area contributed by atoms with E-state index in [1.807, 2.05) is 0 Å². The van der Waals surface area contributed by atoms with E-state index in [2.05, 4.69) is 28.7 Å². The number of halogens is 1. The van der Waals surface area contributed by atoms with Crippen LogP contribution >= 0.6 is 22.9 Å². The maximum atomic E-state index is 6.30. The normalized spacial score (nSPS) is 16.5. The highest BCUT2D eigenvalue weighted by Gasteiger charge is 2.18. The number of morpholine rings is 1. The number of fused-ring (bicyclic) bond motifs is 1. The Labute approximate surface area is 115 Å². The average Bonchev–Trinajstić information content (AvgIpc) is 2.66. The van der Waals surface area contributed by atoms with E-state index in [0.717, 1.165) is 42.5 Å². The number of ether oxygens (including phenoxy) is 1. The van der Waals surface area contributed by atoms with Gasteiger partial charge in [-0.15, -0.1) is 11.3 Å². The Morgan fingerprint density at radius 2 is 1.94 bits per heavy atom. The molecule has 0 N–H and O–H groups in total. The second-order valence-electron chi connectivity index (χ2n) is 4.38. The summed E-state index contributed by atoms with van der Waals surface area (Å²) >= 11 is 7.98. The first-order valence-electron chi connectivity index (χ1n) is 5.93. The Kier molecular flexibility index (Phi) is 3.13. The van der Waals surface area contributed by atoms with Crippen molar-refractivity contribution in [2.24, 2.45) is 0 Å². The van der Waals surface area contributed by atoms with Gasteiger partial charge in [-0.05, 0) is 19.4 Å². The van der Waals surface area contributed by atoms with Gasteiger partial charge in [-0.3, -0.25) is 0 Å². The van der Waals surface area contributed by atoms with Gasteiger partial charge in [0.05, 0.1) is 18.6 Å². The van der Waals surface area contributed by atoms with Crippen LogP contribution in [-0.4, -0.2) is 36.3 Å². The molecule has 4 nitrogen and oxygen atoms in total. The number of hydrogen-bond acceptors (Lipinski definition) is 5. The first kappa shape index (κ1) is 12.1. The smallest absolute Gasteiger partial charge is 0.228 e. The summed E-state index contributed by atoms with van der Waals surface area (Å²) in [6, 6.07) is 0. The molecule has 96 valence electrons. The molecular formula is C12H14ClN3OS. The van der Waals surface area contributed by atoms with Crippen molar-refractivity contribution in [2.75, 3.05) is 31.2 Å². The third-order valence-corrected chi connectivity index (χ3v) is 4.64. The van der Waals surface area contributed by atoms with E-state index in [4.69, 9.17) is 16.3 Å². The second-order valence-corrected chi connectivity index (χ2v) is 5.94. The summed E-state index contributed by atoms with van der Waals surface area (Å²) in [4.78, 5) is 13.4. The molecule has 0 radical (unpaired) electrons. The molecule has 18 heavy (non-hydrogen) atoms. The summed E-state index contributed by atoms with van der Waals surface area (Å²) in [5, 5.41) is 1.56. The highest BCUT2D eigenvalue weighted by molar-refractivity contribution is 7.18. The fraction of sp³-hybridized carbons (Fsp3) is 0.500. The lowest BCUT2D eigenvalue weighted by Crippen LogP contribution is -2.37. The lowest BCUT2D eigenvalue weighted by molar-refractivity contribution is 0.122. The number of thiophene rings is 1. The highest BCUT2D eigenvalue weighted by Crippen LogP contribution is 2.34. The van der Waals surface area contributed by atoms with E-state index in [1.54, 1.807) is 11.3 Å². The molecule has 1 aliphatic rings. The molecule has 1 aliphatic heterocycles. The van der Waals surface area contributed by atoms with Crippen molar-refractivity contribution in [1.82, 2.24) is 9.97 Å². The zero-order valence-corrected chi connectivity index (χ0v) is 11.9. The Morgan fingerprint density at radius 3 is 2.67 bits per heavy atom. The maximum absolute atomic E-state index is 6.30. The monoisotopic (exact) mass is 283 g/mol. The average molecular weight is 284 g/mol. The summed E-state index contributed by atoms with van der Waals surface area (Å²) in [5.41, 5.74) is 1.19. The summed E-state index contributed by atoms with van der Waals surface area (Å²) in [6.45, 7) is 7.25. The zero-order valence-electron chi connectivity index (χ0n) is 10.4. The van der Waals surface area contributed by atoms with E-state index in [0.29, 0.717) is 5.15 Å². The largest absolute Gasteiger partial charge is 0.378 e. The standard InChI is InChI=1S/C12H14ClN3OS/c1-7-8(2)18-11-9(7)10(13)14-12(15-11)16-3-5-17-6-4-16/h3-6H2,1-2H3. The van der Waals surface area contributed by atoms with E-state index >= 15 is 0 Å². The lowest BCUT2D eigenvalue weighted by atomic mass is 10.2. The van der Waals surface area contributed by atoms with E-state index in [-0.39, 0.29) is 0 Å². The van der Waals surface area contributed by atoms with E-state index < -0.39 is 0 Å². The summed E-state index contributed by atoms with van der Waals surface area (Å²) < 4.78 is 5.33. The van der Waals surface area contributed by atoms with Crippen LogP contribution in [0.2, 0.25) is 5.15 Å². The molecule has 0 unspecified atom stereocenters. The van der Waals surface area contributed by atoms with Gasteiger partial charge in [-0.2, -0.15) is 0 Å². The van der Waals surface area contributed by atoms with Gasteiger partial charge in [-0.25, -0.2) is 9.97 Å². The molecule has 3 heterocycles. The van der Waals surface area contributed by atoms with Crippen LogP contribution in [0.5, 0.6) is 0 Å². The predicted molar refractivity (Wildman–Crippen MR) is 74.9 cm³/mol. The van der Waals surface area contributed by atoms with Gasteiger partial charge in [0.1, 0.15) is 9.98 Å². The molecule has 3 rings (SSSR count). The van der Waals surface area contributed by atoms with Crippen molar-refractivity contribution < 1.29 is 4.74 Å². The van der Waals surface area contributed by atoms with Crippen LogP contribution in [0.25, 0.3) is 10.2 Å². The molecule has 0 spiro atoms. The number of hydrogen-bond donors (Lipinski definition) is 0. The SMILES string of the molecule is Cc1sc2nc(N3CCOCC3)nc(Cl)c2c1C. The number of rotatable bonds is 1. The predicted octanol–water partition coefficient (Wildman–Crippen LogP) is 2.80. The fourth-order valence-corrected chi connectivity index (χ4v) is 3.48. The minimum atomic E-state index is 0.559. The molecule has 0 aromatic carbocycles. The Hall–Kier alpha value is -0.910. The van der Waals surface area contributed by atoms with Crippen LogP contribution in [-0.2, 0) is 4.74 Å². The van der Waals surface area contributed by atoms with Crippen molar-refractivity contribution in [3.63, 3.8) is 0 Å². The minimum Gasteiger partial charge on any atom is -0.378 e. The van der Waals surface area contributed by atoms with Crippen molar-refractivity contribution in [1.29, 1.82) is 0 Å². The lowest BCUT2D eigenvalue weighted by Gasteiger charge is -2.26. The molecule has 0 amide bonds. The Balaban J connectivity index is 2.09. The molecule has 1 fully saturated rings. The number of anilines is 1. The summed E-state index contributed by atoms with van der Waals surface area (Å²) in [5.74, 6) is 0.719. The molecule has 6 heteroatoms. The van der Waals surface area contributed by atoms with Crippen molar-refractivity contribution in [3.8, 4) is 0 Å². The van der Waals surface area contributed by atoms with Crippen LogP contribution in [0.15, 0.2) is 0 Å². The van der Waals surface area contributed by atoms with Crippen molar-refractivity contribution >= 4 is 39.1 Å². The van der Waals surface area contributed by atoms with Crippen molar-refractivity contribution in [3.05, 3.63) is 15.6 Å². The summed E-state index contributed by atoms with van der Waals surface area (Å²) in [7, 11) is 0. The molecule has 2 aromatic rings. The van der Waals surface area contributed by atoms with Crippen molar-refractivity contribution in [2.45, 2.75) is 13.8 Å². The van der Waals surface area contributed by atoms with Crippen LogP contribution in [0.3, 0.4) is 0 Å². The molecule has 0 atom stereocenters. The minimum absolute atomic E-state index is 0.559. The first-order chi connectivity index (χ1) is 8.66. The van der Waals surface area contributed by atoms with E-state index in [9.17, 15) is 0 Å². The number of aromatic nitrogens is 2. The zero-order chi connectivity index (χ0) is 12.7. The topological polar surface area (TPSA) is 38.2 Å². The molecule has 0 aliphatic carbocycles. The molecular weight excluding hydrogens is 270 g/mol. The Morgan fingerprint density at radius 1 is 1.22 bits per heavy atom. The van der Waals surface area contributed by atoms with E-state index in [1.165, 1.54) is 10.4 Å². The third-order valence-electron chi connectivity index (χ3n) is 3.27. The highest BCUT2D eigenvalue weighted by atomic mass is 35.5. The van der Waals surface area contributed by atoms with Gasteiger partial charge in [-0.1, -0.05) is 11.6 Å². The second kappa shape index (κ2) is 4.64. The van der Waals surface area contributed by atoms with Gasteiger partial charge in [0.15, 0.2) is 0 Å². The maximum Gasteiger partial charge on any atom is 0.228 e. The molecule has 0 saturated carbocycles. The number of nitrogens with zero attached hydrogens (tertiary/aromatic N) is 3. The molecule has 0 bridgehead atoms. The van der Waals surface area contributed by atoms with Crippen LogP contribution in [0, 0.1) is 13.8 Å². The van der Waals surface area contributed by atoms with Gasteiger partial charge in [0.2, 0.25) is 5.95 Å². The van der Waals surface area contributed by atoms with Crippen LogP contribution < -0.4 is 4.90 Å². The molecule has 2 aromatic heterocycles. The van der Waals surface area contributed by atoms with Gasteiger partial charge < -0.3 is 9.64 Å². The quantitative estimate of drug-likeness (QED) is 0.755. The van der Waals surface area contributed by atoms with Gasteiger partial charge >= 0.3 is 0 Å². The molecule has 1 saturated heterocycles. The van der Waals surface area contributed by atoms with Gasteiger partial charge in [0.25, 0.3) is 0 Å². The number of aryl methyl sites for hydroxylation is 2. The van der Waals surface area contributed by atoms with Crippen LogP contribution in [0.4, 0.5) is 5.95 Å². The van der Waals surface area contributed by atoms with Crippen LogP contribution in [0.1, 0.15) is 10.4 Å². The first-order valence-corrected chi connectivity index (χ1v) is 7.12. The van der Waals surface area contributed by atoms with Gasteiger partial charge in [0, 0.05) is 18.0 Å². The summed E-state index contributed by atoms with van der Waals surface area (Å²) in [6.07, 6.45) is 0. The Bertz CT molecular complexity index is 593. The fourth-order valence-electron chi connectivity index (χ4n) is 2.09.